The maximum absolute atomic E-state index is 12.9. The van der Waals surface area contributed by atoms with Crippen molar-refractivity contribution in [2.45, 2.75) is 19.6 Å². The summed E-state index contributed by atoms with van der Waals surface area (Å²) in [7, 11) is 3.33. The second-order valence-corrected chi connectivity index (χ2v) is 6.04. The van der Waals surface area contributed by atoms with Crippen LogP contribution in [0.25, 0.3) is 0 Å². The maximum Gasteiger partial charge on any atom is 0.213 e. The summed E-state index contributed by atoms with van der Waals surface area (Å²) in [4.78, 5) is 8.45. The number of aromatic nitrogens is 1. The standard InChI is InChI=1S/C20H27FN4O3/c1-15(28-18-7-5-17(21)6-8-18)12-24-20(22-2)25-14-16-4-9-19(23-13-16)27-11-10-26-3/h4-9,13,15H,10-12,14H2,1-3H3,(H2,22,24,25). The van der Waals surface area contributed by atoms with E-state index in [9.17, 15) is 4.39 Å². The van der Waals surface area contributed by atoms with Crippen LogP contribution in [0.1, 0.15) is 12.5 Å². The number of ether oxygens (including phenoxy) is 3. The highest BCUT2D eigenvalue weighted by atomic mass is 19.1. The zero-order valence-corrected chi connectivity index (χ0v) is 16.4. The molecule has 0 aliphatic carbocycles. The lowest BCUT2D eigenvalue weighted by atomic mass is 10.3. The highest BCUT2D eigenvalue weighted by molar-refractivity contribution is 5.79. The maximum atomic E-state index is 12.9. The molecule has 1 heterocycles. The Hall–Kier alpha value is -2.87. The number of benzene rings is 1. The summed E-state index contributed by atoms with van der Waals surface area (Å²) in [5, 5.41) is 6.41. The van der Waals surface area contributed by atoms with Crippen LogP contribution < -0.4 is 20.1 Å². The molecule has 28 heavy (non-hydrogen) atoms. The van der Waals surface area contributed by atoms with Crippen LogP contribution >= 0.6 is 0 Å². The fourth-order valence-corrected chi connectivity index (χ4v) is 2.26. The van der Waals surface area contributed by atoms with Gasteiger partial charge in [-0.25, -0.2) is 9.37 Å². The minimum Gasteiger partial charge on any atom is -0.489 e. The number of hydrogen-bond acceptors (Lipinski definition) is 5. The molecule has 8 heteroatoms. The molecule has 0 aliphatic rings. The lowest BCUT2D eigenvalue weighted by molar-refractivity contribution is 0.143. The van der Waals surface area contributed by atoms with Crippen LogP contribution in [-0.2, 0) is 11.3 Å². The molecule has 0 saturated carbocycles. The summed E-state index contributed by atoms with van der Waals surface area (Å²) in [5.41, 5.74) is 0.998. The molecule has 1 aromatic heterocycles. The summed E-state index contributed by atoms with van der Waals surface area (Å²) in [5.74, 6) is 1.55. The van der Waals surface area contributed by atoms with Gasteiger partial charge in [0.05, 0.1) is 13.2 Å². The topological polar surface area (TPSA) is 77.0 Å². The smallest absolute Gasteiger partial charge is 0.213 e. The number of methoxy groups -OCH3 is 1. The summed E-state index contributed by atoms with van der Waals surface area (Å²) >= 11 is 0. The van der Waals surface area contributed by atoms with Gasteiger partial charge in [0, 0.05) is 33.0 Å². The highest BCUT2D eigenvalue weighted by Crippen LogP contribution is 2.12. The molecule has 0 aliphatic heterocycles. The van der Waals surface area contributed by atoms with E-state index in [-0.39, 0.29) is 11.9 Å². The number of rotatable bonds is 10. The van der Waals surface area contributed by atoms with E-state index in [1.165, 1.54) is 12.1 Å². The molecule has 2 aromatic rings. The molecule has 0 saturated heterocycles. The van der Waals surface area contributed by atoms with Gasteiger partial charge in [-0.15, -0.1) is 0 Å². The van der Waals surface area contributed by atoms with Gasteiger partial charge >= 0.3 is 0 Å². The van der Waals surface area contributed by atoms with Crippen LogP contribution in [-0.4, -0.2) is 51.0 Å². The second kappa shape index (κ2) is 11.8. The van der Waals surface area contributed by atoms with Crippen LogP contribution in [0.15, 0.2) is 47.6 Å². The first kappa shape index (κ1) is 21.4. The first-order valence-electron chi connectivity index (χ1n) is 9.04. The molecule has 0 fully saturated rings. The van der Waals surface area contributed by atoms with Gasteiger partial charge in [0.25, 0.3) is 0 Å². The fraction of sp³-hybridized carbons (Fsp3) is 0.400. The van der Waals surface area contributed by atoms with Crippen LogP contribution in [0.4, 0.5) is 4.39 Å². The molecule has 1 aromatic carbocycles. The van der Waals surface area contributed by atoms with Crippen molar-refractivity contribution in [2.24, 2.45) is 4.99 Å². The van der Waals surface area contributed by atoms with Gasteiger partial charge in [-0.05, 0) is 36.8 Å². The quantitative estimate of drug-likeness (QED) is 0.369. The van der Waals surface area contributed by atoms with Crippen molar-refractivity contribution >= 4 is 5.96 Å². The first-order chi connectivity index (χ1) is 13.6. The number of pyridine rings is 1. The SMILES string of the molecule is CN=C(NCc1ccc(OCCOC)nc1)NCC(C)Oc1ccc(F)cc1. The van der Waals surface area contributed by atoms with Crippen molar-refractivity contribution in [3.05, 3.63) is 54.0 Å². The Morgan fingerprint density at radius 2 is 1.93 bits per heavy atom. The zero-order valence-electron chi connectivity index (χ0n) is 16.4. The molecule has 2 rings (SSSR count). The van der Waals surface area contributed by atoms with Crippen molar-refractivity contribution in [3.63, 3.8) is 0 Å². The lowest BCUT2D eigenvalue weighted by Gasteiger charge is -2.17. The highest BCUT2D eigenvalue weighted by Gasteiger charge is 2.06. The number of aliphatic imine (C=N–C) groups is 1. The van der Waals surface area contributed by atoms with Gasteiger partial charge in [0.15, 0.2) is 5.96 Å². The van der Waals surface area contributed by atoms with E-state index < -0.39 is 0 Å². The zero-order chi connectivity index (χ0) is 20.2. The Bertz CT molecular complexity index is 723. The molecule has 0 radical (unpaired) electrons. The summed E-state index contributed by atoms with van der Waals surface area (Å²) < 4.78 is 29.0. The number of nitrogens with one attached hydrogen (secondary N) is 2. The molecule has 152 valence electrons. The van der Waals surface area contributed by atoms with Crippen LogP contribution in [0.2, 0.25) is 0 Å². The molecule has 7 nitrogen and oxygen atoms in total. The molecule has 2 N–H and O–H groups in total. The van der Waals surface area contributed by atoms with Gasteiger partial charge < -0.3 is 24.8 Å². The molecule has 0 spiro atoms. The number of halogens is 1. The van der Waals surface area contributed by atoms with Crippen molar-refractivity contribution in [2.75, 3.05) is 33.9 Å². The third-order valence-electron chi connectivity index (χ3n) is 3.73. The van der Waals surface area contributed by atoms with Crippen LogP contribution in [0.5, 0.6) is 11.6 Å². The Morgan fingerprint density at radius 1 is 1.14 bits per heavy atom. The monoisotopic (exact) mass is 390 g/mol. The van der Waals surface area contributed by atoms with Crippen LogP contribution in [0, 0.1) is 5.82 Å². The van der Waals surface area contributed by atoms with E-state index in [1.807, 2.05) is 19.1 Å². The van der Waals surface area contributed by atoms with Gasteiger partial charge in [-0.3, -0.25) is 4.99 Å². The Kier molecular flexibility index (Phi) is 9.00. The van der Waals surface area contributed by atoms with Gasteiger partial charge in [0.1, 0.15) is 24.3 Å². The normalized spacial score (nSPS) is 12.4. The molecular weight excluding hydrogens is 363 g/mol. The van der Waals surface area contributed by atoms with Crippen molar-refractivity contribution in [1.82, 2.24) is 15.6 Å². The van der Waals surface area contributed by atoms with Crippen LogP contribution in [0.3, 0.4) is 0 Å². The first-order valence-corrected chi connectivity index (χ1v) is 9.04. The summed E-state index contributed by atoms with van der Waals surface area (Å²) in [6.45, 7) is 4.03. The summed E-state index contributed by atoms with van der Waals surface area (Å²) in [6, 6.07) is 9.72. The average Bonchev–Trinajstić information content (AvgIpc) is 2.71. The van der Waals surface area contributed by atoms with E-state index >= 15 is 0 Å². The average molecular weight is 390 g/mol. The lowest BCUT2D eigenvalue weighted by Crippen LogP contribution is -2.41. The minimum atomic E-state index is -0.285. The number of nitrogens with zero attached hydrogens (tertiary/aromatic N) is 2. The van der Waals surface area contributed by atoms with E-state index in [2.05, 4.69) is 20.6 Å². The number of guanidine groups is 1. The second-order valence-electron chi connectivity index (χ2n) is 6.04. The van der Waals surface area contributed by atoms with Gasteiger partial charge in [-0.2, -0.15) is 0 Å². The largest absolute Gasteiger partial charge is 0.489 e. The molecule has 1 atom stereocenters. The van der Waals surface area contributed by atoms with E-state index in [1.54, 1.807) is 32.5 Å². The third kappa shape index (κ3) is 7.79. The van der Waals surface area contributed by atoms with Crippen molar-refractivity contribution < 1.29 is 18.6 Å². The minimum absolute atomic E-state index is 0.116. The molecule has 0 bridgehead atoms. The molecule has 0 amide bonds. The van der Waals surface area contributed by atoms with E-state index in [0.29, 0.717) is 43.9 Å². The predicted molar refractivity (Wildman–Crippen MR) is 106 cm³/mol. The third-order valence-corrected chi connectivity index (χ3v) is 3.73. The fourth-order valence-electron chi connectivity index (χ4n) is 2.26. The van der Waals surface area contributed by atoms with Crippen molar-refractivity contribution in [3.8, 4) is 11.6 Å². The molecule has 1 unspecified atom stereocenters. The van der Waals surface area contributed by atoms with E-state index in [0.717, 1.165) is 5.56 Å². The molecular formula is C20H27FN4O3. The number of hydrogen-bond donors (Lipinski definition) is 2. The Morgan fingerprint density at radius 3 is 2.57 bits per heavy atom. The van der Waals surface area contributed by atoms with Gasteiger partial charge in [0.2, 0.25) is 5.88 Å². The Labute approximate surface area is 164 Å². The Balaban J connectivity index is 1.72. The summed E-state index contributed by atoms with van der Waals surface area (Å²) in [6.07, 6.45) is 1.64. The predicted octanol–water partition coefficient (Wildman–Crippen LogP) is 2.38. The van der Waals surface area contributed by atoms with Crippen molar-refractivity contribution in [1.29, 1.82) is 0 Å². The van der Waals surface area contributed by atoms with Gasteiger partial charge in [-0.1, -0.05) is 6.07 Å². The van der Waals surface area contributed by atoms with E-state index in [4.69, 9.17) is 14.2 Å².